The summed E-state index contributed by atoms with van der Waals surface area (Å²) in [6.45, 7) is 7.02. The Hall–Kier alpha value is -4.51. The molecule has 8 heteroatoms. The van der Waals surface area contributed by atoms with Gasteiger partial charge in [-0.15, -0.1) is 0 Å². The number of benzene rings is 2. The Bertz CT molecular complexity index is 1430. The number of nitrogens with two attached hydrogens (primary N) is 1. The summed E-state index contributed by atoms with van der Waals surface area (Å²) in [4.78, 5) is 7.21. The van der Waals surface area contributed by atoms with Crippen LogP contribution in [0.2, 0.25) is 0 Å². The number of anilines is 1. The van der Waals surface area contributed by atoms with Gasteiger partial charge < -0.3 is 5.73 Å². The highest BCUT2D eigenvalue weighted by molar-refractivity contribution is 5.83. The van der Waals surface area contributed by atoms with Crippen LogP contribution >= 0.6 is 0 Å². The monoisotopic (exact) mass is 395 g/mol. The van der Waals surface area contributed by atoms with Crippen molar-refractivity contribution in [2.75, 3.05) is 5.73 Å². The minimum atomic E-state index is -0.581. The van der Waals surface area contributed by atoms with Crippen molar-refractivity contribution in [3.63, 3.8) is 0 Å². The van der Waals surface area contributed by atoms with Crippen molar-refractivity contribution >= 4 is 22.4 Å². The normalized spacial score (nSPS) is 10.9. The summed E-state index contributed by atoms with van der Waals surface area (Å²) in [5, 5.41) is 9.77. The van der Waals surface area contributed by atoms with Crippen LogP contribution < -0.4 is 5.73 Å². The third kappa shape index (κ3) is 2.86. The molecule has 0 fully saturated rings. The second kappa shape index (κ2) is 6.83. The zero-order chi connectivity index (χ0) is 20.7. The third-order valence-electron chi connectivity index (χ3n) is 4.80. The Kier molecular flexibility index (Phi) is 4.00. The first-order valence-corrected chi connectivity index (χ1v) is 9.05. The van der Waals surface area contributed by atoms with Gasteiger partial charge in [0, 0.05) is 29.4 Å². The van der Waals surface area contributed by atoms with Gasteiger partial charge in [0.15, 0.2) is 0 Å². The van der Waals surface area contributed by atoms with Crippen molar-refractivity contribution in [2.24, 2.45) is 0 Å². The van der Waals surface area contributed by atoms with Crippen molar-refractivity contribution in [3.05, 3.63) is 90.4 Å². The van der Waals surface area contributed by atoms with Gasteiger partial charge in [0.25, 0.3) is 0 Å². The van der Waals surface area contributed by atoms with E-state index in [1.807, 2.05) is 35.0 Å². The van der Waals surface area contributed by atoms with E-state index >= 15 is 0 Å². The summed E-state index contributed by atoms with van der Waals surface area (Å²) in [5.74, 6) is -0.268. The number of hydrogen-bond acceptors (Lipinski definition) is 4. The van der Waals surface area contributed by atoms with Crippen LogP contribution in [0, 0.1) is 12.4 Å². The lowest BCUT2D eigenvalue weighted by Crippen LogP contribution is -2.00. The quantitative estimate of drug-likeness (QED) is 0.455. The smallest absolute Gasteiger partial charge is 0.222 e. The number of aromatic nitrogens is 5. The van der Waals surface area contributed by atoms with E-state index in [9.17, 15) is 4.39 Å². The zero-order valence-electron chi connectivity index (χ0n) is 15.6. The second-order valence-corrected chi connectivity index (χ2v) is 6.65. The van der Waals surface area contributed by atoms with Crippen molar-refractivity contribution in [2.45, 2.75) is 0 Å². The van der Waals surface area contributed by atoms with Crippen LogP contribution in [-0.4, -0.2) is 24.5 Å². The van der Waals surface area contributed by atoms with Crippen LogP contribution in [0.5, 0.6) is 0 Å². The number of nitrogens with zero attached hydrogens (tertiary/aromatic N) is 6. The Morgan fingerprint density at radius 1 is 0.933 bits per heavy atom. The molecule has 2 N–H and O–H groups in total. The molecule has 0 atom stereocenters. The van der Waals surface area contributed by atoms with Crippen molar-refractivity contribution in [1.29, 1.82) is 0 Å². The van der Waals surface area contributed by atoms with Gasteiger partial charge in [0.05, 0.1) is 35.4 Å². The number of nitrogen functional groups attached to an aromatic ring is 1. The summed E-state index contributed by atoms with van der Waals surface area (Å²) in [7, 11) is 0. The molecule has 3 heterocycles. The van der Waals surface area contributed by atoms with Crippen molar-refractivity contribution in [3.8, 4) is 22.6 Å². The highest BCUT2D eigenvalue weighted by Crippen LogP contribution is 2.30. The van der Waals surface area contributed by atoms with Gasteiger partial charge in [-0.05, 0) is 36.4 Å². The Morgan fingerprint density at radius 3 is 2.53 bits per heavy atom. The Labute approximate surface area is 170 Å². The van der Waals surface area contributed by atoms with Gasteiger partial charge in [-0.1, -0.05) is 12.1 Å². The van der Waals surface area contributed by atoms with Gasteiger partial charge in [-0.25, -0.2) is 18.6 Å². The van der Waals surface area contributed by atoms with E-state index in [0.717, 1.165) is 22.3 Å². The molecule has 0 spiro atoms. The predicted molar refractivity (Wildman–Crippen MR) is 112 cm³/mol. The first kappa shape index (κ1) is 17.6. The molecule has 2 aromatic carbocycles. The summed E-state index contributed by atoms with van der Waals surface area (Å²) in [6, 6.07) is 15.7. The average Bonchev–Trinajstić information content (AvgIpc) is 3.37. The van der Waals surface area contributed by atoms with E-state index in [1.165, 1.54) is 12.1 Å². The first-order valence-electron chi connectivity index (χ1n) is 9.05. The fraction of sp³-hybridized carbons (Fsp3) is 0. The maximum Gasteiger partial charge on any atom is 0.222 e. The standard InChI is InChI=1S/C22H14FN7/c1-25-19-4-2-14(11-18(19)23)21-12-22(24)28-30(21)17-3-5-20-15(10-17)13-27-29(20)16-6-8-26-9-7-16/h2-13H,(H2,24,28). The maximum atomic E-state index is 14.2. The molecule has 0 aliphatic rings. The van der Waals surface area contributed by atoms with E-state index in [4.69, 9.17) is 12.3 Å². The number of rotatable bonds is 3. The zero-order valence-corrected chi connectivity index (χ0v) is 15.6. The summed E-state index contributed by atoms with van der Waals surface area (Å²) < 4.78 is 17.6. The Morgan fingerprint density at radius 2 is 1.77 bits per heavy atom. The van der Waals surface area contributed by atoms with E-state index in [0.29, 0.717) is 17.1 Å². The number of pyridine rings is 1. The average molecular weight is 395 g/mol. The summed E-state index contributed by atoms with van der Waals surface area (Å²) >= 11 is 0. The first-order chi connectivity index (χ1) is 14.6. The molecule has 30 heavy (non-hydrogen) atoms. The molecule has 3 aromatic heterocycles. The fourth-order valence-corrected chi connectivity index (χ4v) is 3.40. The number of halogens is 1. The molecule has 0 saturated carbocycles. The van der Waals surface area contributed by atoms with Crippen LogP contribution in [-0.2, 0) is 0 Å². The molecule has 0 bridgehead atoms. The lowest BCUT2D eigenvalue weighted by atomic mass is 10.1. The van der Waals surface area contributed by atoms with Crippen LogP contribution in [0.1, 0.15) is 0 Å². The maximum absolute atomic E-state index is 14.2. The summed E-state index contributed by atoms with van der Waals surface area (Å²) in [5.41, 5.74) is 9.73. The molecule has 144 valence electrons. The van der Waals surface area contributed by atoms with E-state index in [2.05, 4.69) is 20.0 Å². The Balaban J connectivity index is 1.62. The molecular formula is C22H14FN7. The molecule has 0 amide bonds. The SMILES string of the molecule is [C-]#[N+]c1ccc(-c2cc(N)nn2-c2ccc3c(cnn3-c3ccncc3)c2)cc1F. The minimum Gasteiger partial charge on any atom is -0.382 e. The summed E-state index contributed by atoms with van der Waals surface area (Å²) in [6.07, 6.45) is 5.21. The lowest BCUT2D eigenvalue weighted by molar-refractivity contribution is 0.634. The number of fused-ring (bicyclic) bond motifs is 1. The fourth-order valence-electron chi connectivity index (χ4n) is 3.40. The molecule has 7 nitrogen and oxygen atoms in total. The van der Waals surface area contributed by atoms with Gasteiger partial charge in [0.1, 0.15) is 11.6 Å². The van der Waals surface area contributed by atoms with Crippen molar-refractivity contribution < 1.29 is 4.39 Å². The molecule has 0 unspecified atom stereocenters. The van der Waals surface area contributed by atoms with Crippen LogP contribution in [0.4, 0.5) is 15.9 Å². The van der Waals surface area contributed by atoms with Gasteiger partial charge in [-0.2, -0.15) is 10.2 Å². The molecule has 0 aliphatic carbocycles. The van der Waals surface area contributed by atoms with E-state index in [1.54, 1.807) is 35.4 Å². The largest absolute Gasteiger partial charge is 0.382 e. The van der Waals surface area contributed by atoms with E-state index < -0.39 is 5.82 Å². The van der Waals surface area contributed by atoms with Crippen LogP contribution in [0.15, 0.2) is 73.2 Å². The van der Waals surface area contributed by atoms with Gasteiger partial charge in [-0.3, -0.25) is 4.98 Å². The molecule has 5 rings (SSSR count). The van der Waals surface area contributed by atoms with Crippen LogP contribution in [0.3, 0.4) is 0 Å². The molecule has 5 aromatic rings. The van der Waals surface area contributed by atoms with Gasteiger partial charge >= 0.3 is 0 Å². The van der Waals surface area contributed by atoms with Gasteiger partial charge in [0.2, 0.25) is 5.69 Å². The lowest BCUT2D eigenvalue weighted by Gasteiger charge is -2.09. The third-order valence-corrected chi connectivity index (χ3v) is 4.80. The predicted octanol–water partition coefficient (Wildman–Crippen LogP) is 4.55. The molecule has 0 radical (unpaired) electrons. The van der Waals surface area contributed by atoms with Crippen molar-refractivity contribution in [1.82, 2.24) is 24.5 Å². The van der Waals surface area contributed by atoms with Crippen LogP contribution in [0.25, 0.3) is 38.4 Å². The highest BCUT2D eigenvalue weighted by Gasteiger charge is 2.14. The molecule has 0 saturated heterocycles. The highest BCUT2D eigenvalue weighted by atomic mass is 19.1. The number of hydrogen-bond donors (Lipinski definition) is 1. The molecular weight excluding hydrogens is 381 g/mol. The second-order valence-electron chi connectivity index (χ2n) is 6.65. The topological polar surface area (TPSA) is 78.9 Å². The van der Waals surface area contributed by atoms with E-state index in [-0.39, 0.29) is 5.69 Å². The molecule has 0 aliphatic heterocycles. The minimum absolute atomic E-state index is 0.0252.